The smallest absolute Gasteiger partial charge is 0.0710 e. The standard InChI is InChI=1S/C12H24N2O/c1-12(2)6-5-11(15-12)9-14-7-3-4-10(13)8-14/h10-11H,3-9,13H2,1-2H3. The van der Waals surface area contributed by atoms with Crippen LogP contribution in [0.1, 0.15) is 39.5 Å². The average molecular weight is 212 g/mol. The highest BCUT2D eigenvalue weighted by Crippen LogP contribution is 2.30. The molecule has 0 bridgehead atoms. The van der Waals surface area contributed by atoms with Gasteiger partial charge in [-0.3, -0.25) is 4.90 Å². The summed E-state index contributed by atoms with van der Waals surface area (Å²) in [7, 11) is 0. The number of nitrogens with two attached hydrogens (primary N) is 1. The Kier molecular flexibility index (Phi) is 3.33. The van der Waals surface area contributed by atoms with Crippen LogP contribution in [-0.4, -0.2) is 42.3 Å². The molecule has 0 amide bonds. The Morgan fingerprint density at radius 1 is 1.40 bits per heavy atom. The van der Waals surface area contributed by atoms with E-state index in [1.54, 1.807) is 0 Å². The van der Waals surface area contributed by atoms with Crippen LogP contribution in [0.2, 0.25) is 0 Å². The molecule has 3 heteroatoms. The molecular formula is C12H24N2O. The zero-order valence-electron chi connectivity index (χ0n) is 10.0. The second kappa shape index (κ2) is 4.40. The van der Waals surface area contributed by atoms with Crippen LogP contribution >= 0.6 is 0 Å². The Morgan fingerprint density at radius 2 is 2.20 bits per heavy atom. The number of nitrogens with zero attached hydrogens (tertiary/aromatic N) is 1. The summed E-state index contributed by atoms with van der Waals surface area (Å²) >= 11 is 0. The van der Waals surface area contributed by atoms with Crippen LogP contribution in [0.4, 0.5) is 0 Å². The number of rotatable bonds is 2. The van der Waals surface area contributed by atoms with Crippen LogP contribution in [0.3, 0.4) is 0 Å². The molecule has 0 aliphatic carbocycles. The summed E-state index contributed by atoms with van der Waals surface area (Å²) in [4.78, 5) is 2.47. The molecule has 2 fully saturated rings. The first-order valence-electron chi connectivity index (χ1n) is 6.21. The first-order valence-corrected chi connectivity index (χ1v) is 6.21. The van der Waals surface area contributed by atoms with E-state index in [4.69, 9.17) is 10.5 Å². The third kappa shape index (κ3) is 3.16. The fourth-order valence-corrected chi connectivity index (χ4v) is 2.75. The van der Waals surface area contributed by atoms with Crippen LogP contribution in [0, 0.1) is 0 Å². The lowest BCUT2D eigenvalue weighted by Gasteiger charge is -2.32. The van der Waals surface area contributed by atoms with Crippen LogP contribution in [-0.2, 0) is 4.74 Å². The first kappa shape index (κ1) is 11.4. The van der Waals surface area contributed by atoms with Crippen molar-refractivity contribution in [3.63, 3.8) is 0 Å². The Morgan fingerprint density at radius 3 is 2.80 bits per heavy atom. The van der Waals surface area contributed by atoms with Crippen molar-refractivity contribution in [2.75, 3.05) is 19.6 Å². The van der Waals surface area contributed by atoms with Crippen molar-refractivity contribution in [3.05, 3.63) is 0 Å². The molecule has 2 aliphatic heterocycles. The van der Waals surface area contributed by atoms with Gasteiger partial charge in [-0.15, -0.1) is 0 Å². The number of hydrogen-bond acceptors (Lipinski definition) is 3. The number of hydrogen-bond donors (Lipinski definition) is 1. The van der Waals surface area contributed by atoms with E-state index < -0.39 is 0 Å². The Labute approximate surface area is 93.0 Å². The zero-order valence-corrected chi connectivity index (χ0v) is 10.0. The SMILES string of the molecule is CC1(C)CCC(CN2CCCC(N)C2)O1. The van der Waals surface area contributed by atoms with Crippen LogP contribution in [0.25, 0.3) is 0 Å². The molecule has 0 aromatic rings. The first-order chi connectivity index (χ1) is 7.05. The molecule has 3 nitrogen and oxygen atoms in total. The van der Waals surface area contributed by atoms with Gasteiger partial charge in [0, 0.05) is 19.1 Å². The summed E-state index contributed by atoms with van der Waals surface area (Å²) in [6, 6.07) is 0.383. The summed E-state index contributed by atoms with van der Waals surface area (Å²) < 4.78 is 6.00. The zero-order chi connectivity index (χ0) is 10.9. The molecule has 0 saturated carbocycles. The van der Waals surface area contributed by atoms with Crippen molar-refractivity contribution >= 4 is 0 Å². The maximum Gasteiger partial charge on any atom is 0.0710 e. The van der Waals surface area contributed by atoms with E-state index in [1.807, 2.05) is 0 Å². The fraction of sp³-hybridized carbons (Fsp3) is 1.00. The summed E-state index contributed by atoms with van der Waals surface area (Å²) in [6.45, 7) is 7.72. The molecule has 88 valence electrons. The highest BCUT2D eigenvalue weighted by Gasteiger charge is 2.33. The Bertz CT molecular complexity index is 218. The third-order valence-electron chi connectivity index (χ3n) is 3.56. The minimum Gasteiger partial charge on any atom is -0.371 e. The van der Waals surface area contributed by atoms with E-state index in [2.05, 4.69) is 18.7 Å². The van der Waals surface area contributed by atoms with Crippen molar-refractivity contribution in [1.29, 1.82) is 0 Å². The lowest BCUT2D eigenvalue weighted by molar-refractivity contribution is -0.0311. The maximum atomic E-state index is 6.00. The molecule has 2 heterocycles. The van der Waals surface area contributed by atoms with Gasteiger partial charge in [0.2, 0.25) is 0 Å². The van der Waals surface area contributed by atoms with E-state index in [9.17, 15) is 0 Å². The van der Waals surface area contributed by atoms with Crippen molar-refractivity contribution in [2.24, 2.45) is 5.73 Å². The fourth-order valence-electron chi connectivity index (χ4n) is 2.75. The summed E-state index contributed by atoms with van der Waals surface area (Å²) in [5, 5.41) is 0. The third-order valence-corrected chi connectivity index (χ3v) is 3.56. The lowest BCUT2D eigenvalue weighted by Crippen LogP contribution is -2.45. The van der Waals surface area contributed by atoms with Gasteiger partial charge < -0.3 is 10.5 Å². The van der Waals surface area contributed by atoms with Gasteiger partial charge in [-0.25, -0.2) is 0 Å². The van der Waals surface area contributed by atoms with Gasteiger partial charge in [-0.2, -0.15) is 0 Å². The predicted octanol–water partition coefficient (Wildman–Crippen LogP) is 1.37. The van der Waals surface area contributed by atoms with Crippen molar-refractivity contribution in [2.45, 2.75) is 57.3 Å². The number of likely N-dealkylation sites (tertiary alicyclic amines) is 1. The second-order valence-corrected chi connectivity index (χ2v) is 5.70. The molecule has 0 spiro atoms. The quantitative estimate of drug-likeness (QED) is 0.751. The average Bonchev–Trinajstić information content (AvgIpc) is 2.45. The van der Waals surface area contributed by atoms with Crippen LogP contribution in [0.5, 0.6) is 0 Å². The van der Waals surface area contributed by atoms with Gasteiger partial charge in [0.15, 0.2) is 0 Å². The highest BCUT2D eigenvalue weighted by atomic mass is 16.5. The largest absolute Gasteiger partial charge is 0.371 e. The topological polar surface area (TPSA) is 38.5 Å². The van der Waals surface area contributed by atoms with E-state index in [0.717, 1.165) is 13.1 Å². The molecule has 15 heavy (non-hydrogen) atoms. The molecule has 0 aromatic heterocycles. The molecular weight excluding hydrogens is 188 g/mol. The summed E-state index contributed by atoms with van der Waals surface area (Å²) in [6.07, 6.45) is 5.27. The molecule has 0 aromatic carbocycles. The lowest BCUT2D eigenvalue weighted by atomic mass is 10.0. The van der Waals surface area contributed by atoms with Gasteiger partial charge in [0.1, 0.15) is 0 Å². The van der Waals surface area contributed by atoms with Gasteiger partial charge in [0.05, 0.1) is 11.7 Å². The van der Waals surface area contributed by atoms with E-state index >= 15 is 0 Å². The van der Waals surface area contributed by atoms with Crippen molar-refractivity contribution in [3.8, 4) is 0 Å². The molecule has 0 radical (unpaired) electrons. The molecule has 2 saturated heterocycles. The van der Waals surface area contributed by atoms with E-state index in [0.29, 0.717) is 12.1 Å². The number of piperidine rings is 1. The van der Waals surface area contributed by atoms with Gasteiger partial charge in [-0.1, -0.05) is 0 Å². The second-order valence-electron chi connectivity index (χ2n) is 5.70. The van der Waals surface area contributed by atoms with Crippen LogP contribution < -0.4 is 5.73 Å². The Hall–Kier alpha value is -0.120. The Balaban J connectivity index is 1.77. The number of ether oxygens (including phenoxy) is 1. The molecule has 2 atom stereocenters. The molecule has 2 rings (SSSR count). The minimum absolute atomic E-state index is 0.0998. The normalized spacial score (nSPS) is 37.0. The minimum atomic E-state index is 0.0998. The van der Waals surface area contributed by atoms with Crippen LogP contribution in [0.15, 0.2) is 0 Å². The monoisotopic (exact) mass is 212 g/mol. The van der Waals surface area contributed by atoms with E-state index in [-0.39, 0.29) is 5.60 Å². The van der Waals surface area contributed by atoms with Gasteiger partial charge in [-0.05, 0) is 46.1 Å². The maximum absolute atomic E-state index is 6.00. The van der Waals surface area contributed by atoms with Gasteiger partial charge in [0.25, 0.3) is 0 Å². The molecule has 2 unspecified atom stereocenters. The predicted molar refractivity (Wildman–Crippen MR) is 61.8 cm³/mol. The van der Waals surface area contributed by atoms with E-state index in [1.165, 1.54) is 32.2 Å². The highest BCUT2D eigenvalue weighted by molar-refractivity contribution is 4.84. The molecule has 2 N–H and O–H groups in total. The summed E-state index contributed by atoms with van der Waals surface area (Å²) in [5.74, 6) is 0. The molecule has 2 aliphatic rings. The summed E-state index contributed by atoms with van der Waals surface area (Å²) in [5.41, 5.74) is 6.07. The van der Waals surface area contributed by atoms with Crippen molar-refractivity contribution in [1.82, 2.24) is 4.90 Å². The van der Waals surface area contributed by atoms with Crippen molar-refractivity contribution < 1.29 is 4.74 Å². The van der Waals surface area contributed by atoms with Gasteiger partial charge >= 0.3 is 0 Å².